The topological polar surface area (TPSA) is 75.4 Å². The van der Waals surface area contributed by atoms with Gasteiger partial charge in [-0.25, -0.2) is 17.7 Å². The summed E-state index contributed by atoms with van der Waals surface area (Å²) in [5.74, 6) is 0.602. The summed E-state index contributed by atoms with van der Waals surface area (Å²) in [6, 6.07) is 3.16. The van der Waals surface area contributed by atoms with Crippen LogP contribution in [0, 0.1) is 6.92 Å². The molecule has 0 saturated heterocycles. The van der Waals surface area contributed by atoms with Crippen molar-refractivity contribution in [2.75, 3.05) is 20.6 Å². The molecular weight excluding hydrogens is 310 g/mol. The van der Waals surface area contributed by atoms with Crippen molar-refractivity contribution in [1.29, 1.82) is 0 Å². The monoisotopic (exact) mass is 329 g/mol. The highest BCUT2D eigenvalue weighted by Crippen LogP contribution is 2.16. The van der Waals surface area contributed by atoms with Gasteiger partial charge in [-0.2, -0.15) is 0 Å². The van der Waals surface area contributed by atoms with Crippen molar-refractivity contribution >= 4 is 21.4 Å². The maximum Gasteiger partial charge on any atom is 0.275 e. The van der Waals surface area contributed by atoms with E-state index >= 15 is 0 Å². The van der Waals surface area contributed by atoms with E-state index in [0.717, 1.165) is 28.0 Å². The first-order valence-corrected chi connectivity index (χ1v) is 8.84. The van der Waals surface area contributed by atoms with Crippen LogP contribution < -0.4 is 5.32 Å². The first kappa shape index (κ1) is 16.2. The highest BCUT2D eigenvalue weighted by Gasteiger charge is 2.21. The first-order chi connectivity index (χ1) is 9.89. The molecule has 0 spiro atoms. The van der Waals surface area contributed by atoms with Gasteiger partial charge in [0.05, 0.1) is 17.2 Å². The molecule has 2 aromatic rings. The average Bonchev–Trinajstić information content (AvgIpc) is 3.04. The number of nitrogens with one attached hydrogen (secondary N) is 1. The molecule has 0 amide bonds. The molecule has 0 aliphatic heterocycles. The molecule has 2 rings (SSSR count). The van der Waals surface area contributed by atoms with Gasteiger partial charge in [0.1, 0.15) is 5.76 Å². The Kier molecular flexibility index (Phi) is 5.15. The summed E-state index contributed by atoms with van der Waals surface area (Å²) in [5.41, 5.74) is 1.07. The molecule has 0 aliphatic carbocycles. The van der Waals surface area contributed by atoms with E-state index in [4.69, 9.17) is 4.42 Å². The molecule has 0 aromatic carbocycles. The summed E-state index contributed by atoms with van der Waals surface area (Å²) in [7, 11) is -0.541. The van der Waals surface area contributed by atoms with Crippen molar-refractivity contribution in [3.8, 4) is 0 Å². The van der Waals surface area contributed by atoms with Crippen LogP contribution in [-0.2, 0) is 23.0 Å². The summed E-state index contributed by atoms with van der Waals surface area (Å²) in [4.78, 5) is 4.38. The van der Waals surface area contributed by atoms with Crippen LogP contribution in [0.25, 0.3) is 0 Å². The van der Waals surface area contributed by atoms with Gasteiger partial charge in [0.15, 0.2) is 0 Å². The number of hydrogen-bond acceptors (Lipinski definition) is 6. The molecule has 0 radical (unpaired) electrons. The van der Waals surface area contributed by atoms with Gasteiger partial charge in [-0.05, 0) is 19.1 Å². The average molecular weight is 329 g/mol. The Morgan fingerprint density at radius 1 is 1.38 bits per heavy atom. The minimum Gasteiger partial charge on any atom is -0.447 e. The fourth-order valence-corrected chi connectivity index (χ4v) is 3.18. The van der Waals surface area contributed by atoms with Crippen LogP contribution in [0.3, 0.4) is 0 Å². The van der Waals surface area contributed by atoms with E-state index in [1.807, 2.05) is 12.3 Å². The highest BCUT2D eigenvalue weighted by atomic mass is 32.2. The molecule has 2 aromatic heterocycles. The molecule has 0 bridgehead atoms. The van der Waals surface area contributed by atoms with E-state index in [-0.39, 0.29) is 5.09 Å². The lowest BCUT2D eigenvalue weighted by Crippen LogP contribution is -2.21. The molecule has 0 saturated carbocycles. The Hall–Kier alpha value is -1.22. The molecule has 0 unspecified atom stereocenters. The quantitative estimate of drug-likeness (QED) is 0.781. The Morgan fingerprint density at radius 2 is 2.14 bits per heavy atom. The molecular formula is C13H19N3O3S2. The van der Waals surface area contributed by atoms with E-state index in [2.05, 4.69) is 10.3 Å². The second-order valence-corrected chi connectivity index (χ2v) is 7.94. The smallest absolute Gasteiger partial charge is 0.275 e. The van der Waals surface area contributed by atoms with Crippen molar-refractivity contribution < 1.29 is 12.8 Å². The predicted octanol–water partition coefficient (Wildman–Crippen LogP) is 1.63. The summed E-state index contributed by atoms with van der Waals surface area (Å²) in [6.07, 6.45) is 0.841. The molecule has 0 aliphatic rings. The minimum absolute atomic E-state index is 0.0283. The van der Waals surface area contributed by atoms with E-state index < -0.39 is 10.0 Å². The summed E-state index contributed by atoms with van der Waals surface area (Å²) in [6.45, 7) is 3.24. The minimum atomic E-state index is -3.50. The van der Waals surface area contributed by atoms with Gasteiger partial charge in [0, 0.05) is 32.4 Å². The van der Waals surface area contributed by atoms with Gasteiger partial charge in [0.25, 0.3) is 10.0 Å². The van der Waals surface area contributed by atoms with Gasteiger partial charge in [-0.3, -0.25) is 0 Å². The number of furan rings is 1. The van der Waals surface area contributed by atoms with Crippen LogP contribution >= 0.6 is 11.3 Å². The standard InChI is InChI=1S/C13H19N3O3S2/c1-10-15-11(9-20-10)6-7-14-8-12-4-5-13(19-12)21(17,18)16(2)3/h4-5,9,14H,6-8H2,1-3H3. The third kappa shape index (κ3) is 4.13. The number of nitrogens with zero attached hydrogens (tertiary/aromatic N) is 2. The van der Waals surface area contributed by atoms with E-state index in [9.17, 15) is 8.42 Å². The number of rotatable bonds is 7. The molecule has 2 heterocycles. The van der Waals surface area contributed by atoms with Gasteiger partial charge in [-0.15, -0.1) is 11.3 Å². The molecule has 21 heavy (non-hydrogen) atoms. The third-order valence-corrected chi connectivity index (χ3v) is 5.41. The highest BCUT2D eigenvalue weighted by molar-refractivity contribution is 7.88. The maximum absolute atomic E-state index is 11.9. The number of sulfonamides is 1. The van der Waals surface area contributed by atoms with Crippen molar-refractivity contribution in [2.45, 2.75) is 25.0 Å². The third-order valence-electron chi connectivity index (χ3n) is 2.90. The lowest BCUT2D eigenvalue weighted by atomic mass is 10.3. The zero-order valence-electron chi connectivity index (χ0n) is 12.3. The Morgan fingerprint density at radius 3 is 2.76 bits per heavy atom. The normalized spacial score (nSPS) is 12.2. The Bertz CT molecular complexity index is 689. The largest absolute Gasteiger partial charge is 0.447 e. The lowest BCUT2D eigenvalue weighted by molar-refractivity contribution is 0.389. The van der Waals surface area contributed by atoms with Crippen molar-refractivity contribution in [2.24, 2.45) is 0 Å². The van der Waals surface area contributed by atoms with E-state index in [1.165, 1.54) is 20.2 Å². The number of thiazole rings is 1. The number of aromatic nitrogens is 1. The van der Waals surface area contributed by atoms with Gasteiger partial charge >= 0.3 is 0 Å². The molecule has 6 nitrogen and oxygen atoms in total. The van der Waals surface area contributed by atoms with Crippen LogP contribution in [0.4, 0.5) is 0 Å². The first-order valence-electron chi connectivity index (χ1n) is 6.52. The molecule has 8 heteroatoms. The van der Waals surface area contributed by atoms with Gasteiger partial charge < -0.3 is 9.73 Å². The summed E-state index contributed by atoms with van der Waals surface area (Å²) < 4.78 is 30.2. The number of aryl methyl sites for hydroxylation is 1. The molecule has 116 valence electrons. The molecule has 1 N–H and O–H groups in total. The SMILES string of the molecule is Cc1nc(CCNCc2ccc(S(=O)(=O)N(C)C)o2)cs1. The zero-order valence-corrected chi connectivity index (χ0v) is 13.9. The van der Waals surface area contributed by atoms with Crippen molar-refractivity contribution in [3.63, 3.8) is 0 Å². The van der Waals surface area contributed by atoms with Crippen LogP contribution in [0.15, 0.2) is 27.0 Å². The molecule has 0 fully saturated rings. The lowest BCUT2D eigenvalue weighted by Gasteiger charge is -2.07. The molecule has 0 atom stereocenters. The van der Waals surface area contributed by atoms with Gasteiger partial charge in [-0.1, -0.05) is 0 Å². The van der Waals surface area contributed by atoms with E-state index in [0.29, 0.717) is 12.3 Å². The van der Waals surface area contributed by atoms with Crippen LogP contribution in [0.2, 0.25) is 0 Å². The van der Waals surface area contributed by atoms with E-state index in [1.54, 1.807) is 17.4 Å². The second-order valence-electron chi connectivity index (χ2n) is 4.79. The summed E-state index contributed by atoms with van der Waals surface area (Å²) >= 11 is 1.64. The second kappa shape index (κ2) is 6.69. The Labute approximate surface area is 128 Å². The van der Waals surface area contributed by atoms with Crippen molar-refractivity contribution in [1.82, 2.24) is 14.6 Å². The van der Waals surface area contributed by atoms with Crippen molar-refractivity contribution in [3.05, 3.63) is 34.0 Å². The summed E-state index contributed by atoms with van der Waals surface area (Å²) in [5, 5.41) is 6.30. The van der Waals surface area contributed by atoms with Crippen LogP contribution in [0.5, 0.6) is 0 Å². The van der Waals surface area contributed by atoms with Crippen LogP contribution in [0.1, 0.15) is 16.5 Å². The zero-order chi connectivity index (χ0) is 15.5. The fourth-order valence-electron chi connectivity index (χ4n) is 1.72. The Balaban J connectivity index is 1.83. The van der Waals surface area contributed by atoms with Crippen LogP contribution in [-0.4, -0.2) is 38.3 Å². The maximum atomic E-state index is 11.9. The predicted molar refractivity (Wildman–Crippen MR) is 81.8 cm³/mol. The fraction of sp³-hybridized carbons (Fsp3) is 0.462. The van der Waals surface area contributed by atoms with Gasteiger partial charge in [0.2, 0.25) is 5.09 Å². The number of hydrogen-bond donors (Lipinski definition) is 1.